The molecule has 4 rings (SSSR count). The summed E-state index contributed by atoms with van der Waals surface area (Å²) in [5.74, 6) is 0.546. The van der Waals surface area contributed by atoms with Gasteiger partial charge in [0, 0.05) is 29.7 Å². The smallest absolute Gasteiger partial charge is 0.248 e. The lowest BCUT2D eigenvalue weighted by Crippen LogP contribution is -2.40. The molecule has 0 saturated carbocycles. The Morgan fingerprint density at radius 2 is 2.05 bits per heavy atom. The maximum atomic E-state index is 12.2. The van der Waals surface area contributed by atoms with Gasteiger partial charge in [-0.1, -0.05) is 18.2 Å². The lowest BCUT2D eigenvalue weighted by molar-refractivity contribution is -0.117. The molecule has 0 fully saturated rings. The van der Waals surface area contributed by atoms with Gasteiger partial charge >= 0.3 is 0 Å². The van der Waals surface area contributed by atoms with Gasteiger partial charge in [0.05, 0.1) is 5.69 Å². The number of nitrogens with one attached hydrogen (secondary N) is 3. The van der Waals surface area contributed by atoms with E-state index in [-0.39, 0.29) is 11.9 Å². The van der Waals surface area contributed by atoms with Crippen molar-refractivity contribution in [3.63, 3.8) is 0 Å². The number of hydrogen-bond donors (Lipinski definition) is 3. The number of rotatable bonds is 2. The lowest BCUT2D eigenvalue weighted by atomic mass is 10.0. The maximum absolute atomic E-state index is 12.2. The Labute approximate surface area is 121 Å². The van der Waals surface area contributed by atoms with Crippen molar-refractivity contribution in [2.45, 2.75) is 12.5 Å². The number of benzene rings is 1. The molecule has 3 aromatic rings. The number of carbonyl (C=O) groups is 1. The molecule has 0 spiro atoms. The third-order valence-corrected chi connectivity index (χ3v) is 3.79. The van der Waals surface area contributed by atoms with Crippen LogP contribution in [-0.4, -0.2) is 21.9 Å². The summed E-state index contributed by atoms with van der Waals surface area (Å²) >= 11 is 0. The Morgan fingerprint density at radius 3 is 3.00 bits per heavy atom. The van der Waals surface area contributed by atoms with Crippen molar-refractivity contribution in [3.8, 4) is 0 Å². The number of carbonyl (C=O) groups excluding carboxylic acids is 1. The number of H-pyrrole nitrogens is 1. The summed E-state index contributed by atoms with van der Waals surface area (Å²) < 4.78 is 0. The van der Waals surface area contributed by atoms with E-state index < -0.39 is 0 Å². The number of amides is 1. The first kappa shape index (κ1) is 12.0. The highest BCUT2D eigenvalue weighted by atomic mass is 16.2. The van der Waals surface area contributed by atoms with Crippen molar-refractivity contribution in [1.82, 2.24) is 9.97 Å². The van der Waals surface area contributed by atoms with Gasteiger partial charge in [-0.15, -0.1) is 0 Å². The second-order valence-corrected chi connectivity index (χ2v) is 5.15. The van der Waals surface area contributed by atoms with Crippen LogP contribution in [0.2, 0.25) is 0 Å². The Balaban J connectivity index is 1.64. The van der Waals surface area contributed by atoms with Gasteiger partial charge in [0.25, 0.3) is 0 Å². The van der Waals surface area contributed by atoms with Crippen LogP contribution in [-0.2, 0) is 11.2 Å². The van der Waals surface area contributed by atoms with Gasteiger partial charge in [-0.05, 0) is 23.8 Å². The molecule has 0 aliphatic carbocycles. The van der Waals surface area contributed by atoms with E-state index in [0.717, 1.165) is 22.2 Å². The fourth-order valence-corrected chi connectivity index (χ4v) is 2.74. The molecule has 2 aromatic heterocycles. The monoisotopic (exact) mass is 278 g/mol. The van der Waals surface area contributed by atoms with Crippen LogP contribution in [0.25, 0.3) is 10.9 Å². The topological polar surface area (TPSA) is 69.8 Å². The molecular formula is C16H14N4O. The molecule has 0 saturated heterocycles. The first-order valence-electron chi connectivity index (χ1n) is 6.89. The van der Waals surface area contributed by atoms with Gasteiger partial charge in [-0.25, -0.2) is 4.98 Å². The van der Waals surface area contributed by atoms with Crippen molar-refractivity contribution < 1.29 is 4.79 Å². The minimum absolute atomic E-state index is 0.0496. The van der Waals surface area contributed by atoms with Crippen LogP contribution in [0.3, 0.4) is 0 Å². The van der Waals surface area contributed by atoms with Crippen LogP contribution in [0.15, 0.2) is 48.8 Å². The van der Waals surface area contributed by atoms with Crippen LogP contribution in [0.5, 0.6) is 0 Å². The molecule has 1 aliphatic heterocycles. The van der Waals surface area contributed by atoms with Gasteiger partial charge in [-0.2, -0.15) is 0 Å². The van der Waals surface area contributed by atoms with Crippen molar-refractivity contribution >= 4 is 28.3 Å². The maximum Gasteiger partial charge on any atom is 0.248 e. The molecule has 3 N–H and O–H groups in total. The predicted molar refractivity (Wildman–Crippen MR) is 82.3 cm³/mol. The van der Waals surface area contributed by atoms with Crippen LogP contribution in [0, 0.1) is 0 Å². The van der Waals surface area contributed by atoms with E-state index in [9.17, 15) is 4.79 Å². The van der Waals surface area contributed by atoms with Crippen molar-refractivity contribution in [1.29, 1.82) is 0 Å². The number of hydrogen-bond acceptors (Lipinski definition) is 3. The SMILES string of the molecule is O=C1Nc2ncccc2N[C@@H]1Cc1c[nH]c2ccccc12. The second-order valence-electron chi connectivity index (χ2n) is 5.15. The Kier molecular flexibility index (Phi) is 2.64. The summed E-state index contributed by atoms with van der Waals surface area (Å²) in [7, 11) is 0. The van der Waals surface area contributed by atoms with Gasteiger partial charge < -0.3 is 15.6 Å². The van der Waals surface area contributed by atoms with Crippen LogP contribution in [0.1, 0.15) is 5.56 Å². The molecule has 1 atom stereocenters. The fourth-order valence-electron chi connectivity index (χ4n) is 2.74. The molecule has 5 heteroatoms. The van der Waals surface area contributed by atoms with Crippen molar-refractivity contribution in [2.75, 3.05) is 10.6 Å². The Morgan fingerprint density at radius 1 is 1.14 bits per heavy atom. The van der Waals surface area contributed by atoms with Crippen LogP contribution in [0.4, 0.5) is 11.5 Å². The van der Waals surface area contributed by atoms with Crippen LogP contribution < -0.4 is 10.6 Å². The van der Waals surface area contributed by atoms with Crippen molar-refractivity contribution in [2.24, 2.45) is 0 Å². The highest BCUT2D eigenvalue weighted by Gasteiger charge is 2.26. The standard InChI is InChI=1S/C16H14N4O/c21-16-14(19-13-6-3-7-17-15(13)20-16)8-10-9-18-12-5-2-1-4-11(10)12/h1-7,9,14,18-19H,8H2,(H,17,20,21)/t14-/m1/s1. The number of nitrogens with zero attached hydrogens (tertiary/aromatic N) is 1. The quantitative estimate of drug-likeness (QED) is 0.674. The molecule has 1 aromatic carbocycles. The number of aromatic nitrogens is 2. The molecular weight excluding hydrogens is 264 g/mol. The second kappa shape index (κ2) is 4.63. The molecule has 5 nitrogen and oxygen atoms in total. The van der Waals surface area contributed by atoms with E-state index in [2.05, 4.69) is 26.7 Å². The normalized spacial score (nSPS) is 17.1. The molecule has 0 radical (unpaired) electrons. The summed E-state index contributed by atoms with van der Waals surface area (Å²) in [5.41, 5.74) is 3.08. The van der Waals surface area contributed by atoms with Crippen LogP contribution >= 0.6 is 0 Å². The third kappa shape index (κ3) is 2.03. The van der Waals surface area contributed by atoms with Gasteiger partial charge in [0.15, 0.2) is 5.82 Å². The fraction of sp³-hybridized carbons (Fsp3) is 0.125. The van der Waals surface area contributed by atoms with Crippen molar-refractivity contribution in [3.05, 3.63) is 54.4 Å². The minimum atomic E-state index is -0.291. The Bertz CT molecular complexity index is 824. The van der Waals surface area contributed by atoms with Gasteiger partial charge in [-0.3, -0.25) is 4.79 Å². The number of pyridine rings is 1. The molecule has 0 bridgehead atoms. The zero-order chi connectivity index (χ0) is 14.2. The number of para-hydroxylation sites is 1. The molecule has 21 heavy (non-hydrogen) atoms. The molecule has 104 valence electrons. The van der Waals surface area contributed by atoms with E-state index >= 15 is 0 Å². The number of anilines is 2. The average Bonchev–Trinajstić information content (AvgIpc) is 2.91. The largest absolute Gasteiger partial charge is 0.370 e. The summed E-state index contributed by atoms with van der Waals surface area (Å²) in [4.78, 5) is 19.6. The Hall–Kier alpha value is -2.82. The minimum Gasteiger partial charge on any atom is -0.370 e. The molecule has 1 aliphatic rings. The summed E-state index contributed by atoms with van der Waals surface area (Å²) in [6, 6.07) is 11.6. The zero-order valence-electron chi connectivity index (χ0n) is 11.3. The highest BCUT2D eigenvalue weighted by Crippen LogP contribution is 2.26. The third-order valence-electron chi connectivity index (χ3n) is 3.79. The van der Waals surface area contributed by atoms with Gasteiger partial charge in [0.2, 0.25) is 5.91 Å². The predicted octanol–water partition coefficient (Wildman–Crippen LogP) is 2.54. The van der Waals surface area contributed by atoms with E-state index in [0.29, 0.717) is 12.2 Å². The highest BCUT2D eigenvalue weighted by molar-refractivity contribution is 6.02. The van der Waals surface area contributed by atoms with Gasteiger partial charge in [0.1, 0.15) is 6.04 Å². The summed E-state index contributed by atoms with van der Waals surface area (Å²) in [6.07, 6.45) is 4.27. The first-order valence-corrected chi connectivity index (χ1v) is 6.89. The lowest BCUT2D eigenvalue weighted by Gasteiger charge is -2.25. The zero-order valence-corrected chi connectivity index (χ0v) is 11.3. The number of fused-ring (bicyclic) bond motifs is 2. The summed E-state index contributed by atoms with van der Waals surface area (Å²) in [5, 5.41) is 7.27. The van der Waals surface area contributed by atoms with E-state index in [1.165, 1.54) is 0 Å². The molecule has 1 amide bonds. The average molecular weight is 278 g/mol. The number of aromatic amines is 1. The first-order chi connectivity index (χ1) is 10.3. The van der Waals surface area contributed by atoms with E-state index in [1.807, 2.05) is 36.5 Å². The summed E-state index contributed by atoms with van der Waals surface area (Å²) in [6.45, 7) is 0. The molecule has 0 unspecified atom stereocenters. The van der Waals surface area contributed by atoms with E-state index in [4.69, 9.17) is 0 Å². The molecule has 3 heterocycles. The van der Waals surface area contributed by atoms with E-state index in [1.54, 1.807) is 6.20 Å².